The van der Waals surface area contributed by atoms with Crippen molar-refractivity contribution in [2.75, 3.05) is 13.1 Å². The molecule has 13 N–H and O–H groups in total. The normalized spacial score (nSPS) is 24.5. The maximum Gasteiger partial charge on any atom is 0.246 e. The summed E-state index contributed by atoms with van der Waals surface area (Å²) in [5.41, 5.74) is 18.5. The molecule has 3 aromatic carbocycles. The standard InChI is InChI=1S/C46H55N11O7/c47-40(60)37-27-52-38(58)17-18-39(59)57-46(21-19-30(20-22-46)29-12-5-2-6-13-29)44(64)56-35(24-28-10-3-1-4-11-28)42(62)53-34(16-9-23-50-45(48)49)41(61)54-36(43(63)55-37)25-31-26-51-33-15-8-7-14-32(31)33/h1-8,10-15,17-18,26,30,34-37,51H,9,16,19-25,27H2,(H2,47,60)(H,52,58)(H,53,62)(H,54,61)(H,55,63)(H,56,64)(H,57,59)(H4,48,49,50)/b18-17-. The summed E-state index contributed by atoms with van der Waals surface area (Å²) in [5, 5.41) is 17.1. The molecule has 18 nitrogen and oxygen atoms in total. The van der Waals surface area contributed by atoms with Crippen LogP contribution in [0.1, 0.15) is 61.1 Å². The number of H-pyrrole nitrogens is 1. The summed E-state index contributed by atoms with van der Waals surface area (Å²) in [5.74, 6) is -5.49. The summed E-state index contributed by atoms with van der Waals surface area (Å²) in [6.45, 7) is -0.350. The minimum Gasteiger partial charge on any atom is -0.370 e. The van der Waals surface area contributed by atoms with Gasteiger partial charge in [0.2, 0.25) is 41.4 Å². The molecule has 1 aromatic heterocycles. The quantitative estimate of drug-likeness (QED) is 0.0596. The fraction of sp³-hybridized carbons (Fsp3) is 0.348. The van der Waals surface area contributed by atoms with E-state index in [4.69, 9.17) is 17.2 Å². The number of primary amides is 1. The molecule has 1 aliphatic heterocycles. The number of aromatic amines is 1. The maximum atomic E-state index is 14.7. The Balaban J connectivity index is 1.37. The molecule has 2 aliphatic rings. The second-order valence-corrected chi connectivity index (χ2v) is 16.1. The molecule has 336 valence electrons. The molecule has 1 saturated carbocycles. The van der Waals surface area contributed by atoms with Gasteiger partial charge >= 0.3 is 0 Å². The Morgan fingerprint density at radius 2 is 1.30 bits per heavy atom. The SMILES string of the molecule is NC(=O)C1CNC(=O)/C=C\C(=O)NC2(CCC(c3ccccc3)CC2)C(=O)NC(Cc2ccccc2)C(=O)NC(CCCN=C(N)N)C(=O)NC(Cc2c[nH]c3ccccc23)C(=O)N1. The Labute approximate surface area is 370 Å². The first-order chi connectivity index (χ1) is 30.8. The first-order valence-corrected chi connectivity index (χ1v) is 21.3. The van der Waals surface area contributed by atoms with E-state index in [1.165, 1.54) is 0 Å². The number of aromatic nitrogens is 1. The van der Waals surface area contributed by atoms with Crippen molar-refractivity contribution >= 4 is 58.2 Å². The molecular formula is C46H55N11O7. The molecule has 64 heavy (non-hydrogen) atoms. The monoisotopic (exact) mass is 873 g/mol. The van der Waals surface area contributed by atoms with E-state index in [0.717, 1.165) is 28.6 Å². The van der Waals surface area contributed by atoms with Crippen LogP contribution >= 0.6 is 0 Å². The van der Waals surface area contributed by atoms with Crippen LogP contribution in [0.3, 0.4) is 0 Å². The molecule has 4 aromatic rings. The Bertz CT molecular complexity index is 2370. The third-order valence-electron chi connectivity index (χ3n) is 11.6. The van der Waals surface area contributed by atoms with Crippen molar-refractivity contribution in [3.63, 3.8) is 0 Å². The molecule has 4 unspecified atom stereocenters. The number of carbonyl (C=O) groups excluding carboxylic acids is 7. The van der Waals surface area contributed by atoms with Crippen LogP contribution in [0.25, 0.3) is 10.9 Å². The molecule has 18 heteroatoms. The number of benzene rings is 3. The Kier molecular flexibility index (Phi) is 15.5. The van der Waals surface area contributed by atoms with E-state index in [9.17, 15) is 33.6 Å². The Morgan fingerprint density at radius 3 is 2.00 bits per heavy atom. The van der Waals surface area contributed by atoms with Crippen LogP contribution in [-0.4, -0.2) is 95.1 Å². The summed E-state index contributed by atoms with van der Waals surface area (Å²) in [4.78, 5) is 104. The van der Waals surface area contributed by atoms with Crippen molar-refractivity contribution < 1.29 is 33.6 Å². The van der Waals surface area contributed by atoms with E-state index in [-0.39, 0.29) is 56.9 Å². The van der Waals surface area contributed by atoms with Crippen molar-refractivity contribution in [2.24, 2.45) is 22.2 Å². The van der Waals surface area contributed by atoms with Gasteiger partial charge in [-0.15, -0.1) is 0 Å². The maximum absolute atomic E-state index is 14.7. The van der Waals surface area contributed by atoms with Crippen molar-refractivity contribution in [1.29, 1.82) is 0 Å². The summed E-state index contributed by atoms with van der Waals surface area (Å²) in [6, 6.07) is 20.8. The highest BCUT2D eigenvalue weighted by Gasteiger charge is 2.44. The molecule has 0 bridgehead atoms. The number of nitrogens with zero attached hydrogens (tertiary/aromatic N) is 1. The van der Waals surface area contributed by atoms with Crippen molar-refractivity contribution in [2.45, 2.75) is 87.0 Å². The molecule has 2 heterocycles. The molecule has 1 fully saturated rings. The summed E-state index contributed by atoms with van der Waals surface area (Å²) < 4.78 is 0. The summed E-state index contributed by atoms with van der Waals surface area (Å²) in [6.07, 6.45) is 5.24. The number of hydrogen-bond donors (Lipinski definition) is 10. The molecule has 1 spiro atoms. The van der Waals surface area contributed by atoms with E-state index in [1.54, 1.807) is 30.5 Å². The summed E-state index contributed by atoms with van der Waals surface area (Å²) in [7, 11) is 0. The zero-order chi connectivity index (χ0) is 45.6. The van der Waals surface area contributed by atoms with Gasteiger partial charge in [-0.25, -0.2) is 0 Å². The molecule has 0 radical (unpaired) electrons. The Hall–Kier alpha value is -7.50. The lowest BCUT2D eigenvalue weighted by Gasteiger charge is -2.40. The van der Waals surface area contributed by atoms with Gasteiger partial charge in [0, 0.05) is 55.2 Å². The van der Waals surface area contributed by atoms with Crippen LogP contribution in [0.4, 0.5) is 0 Å². The number of carbonyl (C=O) groups is 7. The van der Waals surface area contributed by atoms with Gasteiger partial charge in [0.05, 0.1) is 0 Å². The number of para-hydroxylation sites is 1. The van der Waals surface area contributed by atoms with E-state index in [2.05, 4.69) is 41.9 Å². The topological polar surface area (TPSA) is 298 Å². The largest absolute Gasteiger partial charge is 0.370 e. The predicted molar refractivity (Wildman–Crippen MR) is 240 cm³/mol. The number of guanidine groups is 1. The minimum absolute atomic E-state index is 0.00489. The summed E-state index contributed by atoms with van der Waals surface area (Å²) >= 11 is 0. The fourth-order valence-corrected chi connectivity index (χ4v) is 8.17. The van der Waals surface area contributed by atoms with Gasteiger partial charge in [0.25, 0.3) is 0 Å². The molecule has 1 aliphatic carbocycles. The average molecular weight is 874 g/mol. The van der Waals surface area contributed by atoms with E-state index in [1.807, 2.05) is 60.7 Å². The number of fused-ring (bicyclic) bond motifs is 1. The van der Waals surface area contributed by atoms with Gasteiger partial charge in [-0.05, 0) is 67.2 Å². The van der Waals surface area contributed by atoms with Crippen molar-refractivity contribution in [1.82, 2.24) is 36.9 Å². The van der Waals surface area contributed by atoms with Gasteiger partial charge in [0.15, 0.2) is 5.96 Å². The fourth-order valence-electron chi connectivity index (χ4n) is 8.17. The number of amides is 7. The van der Waals surface area contributed by atoms with Gasteiger partial charge in [0.1, 0.15) is 29.7 Å². The van der Waals surface area contributed by atoms with Crippen molar-refractivity contribution in [3.8, 4) is 0 Å². The number of rotatable bonds is 10. The van der Waals surface area contributed by atoms with Gasteiger partial charge in [-0.1, -0.05) is 78.9 Å². The molecule has 6 rings (SSSR count). The first-order valence-electron chi connectivity index (χ1n) is 21.3. The molecular weight excluding hydrogens is 819 g/mol. The lowest BCUT2D eigenvalue weighted by molar-refractivity contribution is -0.137. The average Bonchev–Trinajstić information content (AvgIpc) is 3.70. The Morgan fingerprint density at radius 1 is 0.688 bits per heavy atom. The lowest BCUT2D eigenvalue weighted by Crippen LogP contribution is -2.64. The van der Waals surface area contributed by atoms with E-state index >= 15 is 0 Å². The zero-order valence-electron chi connectivity index (χ0n) is 35.3. The second-order valence-electron chi connectivity index (χ2n) is 16.1. The number of aliphatic imine (C=N–C) groups is 1. The predicted octanol–water partition coefficient (Wildman–Crippen LogP) is 0.330. The van der Waals surface area contributed by atoms with Crippen LogP contribution in [0.2, 0.25) is 0 Å². The number of nitrogens with one attached hydrogen (secondary N) is 7. The van der Waals surface area contributed by atoms with E-state index < -0.39 is 77.6 Å². The number of hydrogen-bond acceptors (Lipinski definition) is 8. The van der Waals surface area contributed by atoms with Crippen LogP contribution < -0.4 is 49.1 Å². The van der Waals surface area contributed by atoms with Crippen molar-refractivity contribution in [3.05, 3.63) is 120 Å². The van der Waals surface area contributed by atoms with Crippen LogP contribution in [0.15, 0.2) is 108 Å². The lowest BCUT2D eigenvalue weighted by atomic mass is 9.73. The van der Waals surface area contributed by atoms with Gasteiger partial charge < -0.3 is 54.1 Å². The van der Waals surface area contributed by atoms with Gasteiger partial charge in [-0.2, -0.15) is 0 Å². The third kappa shape index (κ3) is 12.3. The van der Waals surface area contributed by atoms with Crippen LogP contribution in [-0.2, 0) is 46.4 Å². The highest BCUT2D eigenvalue weighted by molar-refractivity contribution is 6.01. The molecule has 4 atom stereocenters. The number of nitrogens with two attached hydrogens (primary N) is 3. The van der Waals surface area contributed by atoms with Crippen LogP contribution in [0, 0.1) is 0 Å². The first kappa shape index (κ1) is 46.0. The van der Waals surface area contributed by atoms with E-state index in [0.29, 0.717) is 24.0 Å². The zero-order valence-corrected chi connectivity index (χ0v) is 35.3. The smallest absolute Gasteiger partial charge is 0.246 e. The molecule has 7 amide bonds. The molecule has 0 saturated heterocycles. The highest BCUT2D eigenvalue weighted by atomic mass is 16.2. The third-order valence-corrected chi connectivity index (χ3v) is 11.6. The van der Waals surface area contributed by atoms with Crippen LogP contribution in [0.5, 0.6) is 0 Å². The second kappa shape index (κ2) is 21.5. The van der Waals surface area contributed by atoms with Gasteiger partial charge in [-0.3, -0.25) is 38.6 Å². The highest BCUT2D eigenvalue weighted by Crippen LogP contribution is 2.38. The minimum atomic E-state index is -1.49.